The number of hydrogen-bond donors (Lipinski definition) is 0. The maximum atomic E-state index is 5.85. The Morgan fingerprint density at radius 1 is 0.500 bits per heavy atom. The first kappa shape index (κ1) is 26.1. The summed E-state index contributed by atoms with van der Waals surface area (Å²) in [5, 5.41) is 0. The Morgan fingerprint density at radius 3 is 1.15 bits per heavy atom. The molecule has 1 aliphatic rings. The summed E-state index contributed by atoms with van der Waals surface area (Å²) in [4.78, 5) is 4.46. The first-order valence-electron chi connectivity index (χ1n) is 11.9. The molecule has 34 heavy (non-hydrogen) atoms. The molecule has 0 amide bonds. The topological polar surface area (TPSA) is 61.9 Å². The van der Waals surface area contributed by atoms with Gasteiger partial charge in [-0.05, 0) is 24.3 Å². The van der Waals surface area contributed by atoms with Crippen LogP contribution in [0.5, 0.6) is 11.5 Å². The van der Waals surface area contributed by atoms with E-state index in [1.807, 2.05) is 36.4 Å². The largest absolute Gasteiger partial charge is 0.495 e. The number of nitrogens with zero attached hydrogens (tertiary/aromatic N) is 2. The molecule has 2 aromatic carbocycles. The summed E-state index contributed by atoms with van der Waals surface area (Å²) >= 11 is 0. The summed E-state index contributed by atoms with van der Waals surface area (Å²) in [5.74, 6) is 1.69. The maximum absolute atomic E-state index is 5.85. The third kappa shape index (κ3) is 8.36. The highest BCUT2D eigenvalue weighted by Gasteiger charge is 2.13. The van der Waals surface area contributed by atoms with Gasteiger partial charge in [0.1, 0.15) is 11.5 Å². The van der Waals surface area contributed by atoms with Gasteiger partial charge >= 0.3 is 0 Å². The van der Waals surface area contributed by atoms with Gasteiger partial charge in [-0.2, -0.15) is 0 Å². The molecule has 8 heteroatoms. The van der Waals surface area contributed by atoms with E-state index in [-0.39, 0.29) is 0 Å². The first-order chi connectivity index (χ1) is 16.8. The third-order valence-electron chi connectivity index (χ3n) is 5.62. The van der Waals surface area contributed by atoms with Crippen LogP contribution >= 0.6 is 0 Å². The normalized spacial score (nSPS) is 18.1. The highest BCUT2D eigenvalue weighted by molar-refractivity contribution is 5.59. The van der Waals surface area contributed by atoms with Crippen LogP contribution in [0.25, 0.3) is 0 Å². The number of rotatable bonds is 4. The molecule has 1 fully saturated rings. The second-order valence-corrected chi connectivity index (χ2v) is 7.77. The first-order valence-corrected chi connectivity index (χ1v) is 11.9. The Hall–Kier alpha value is -2.52. The minimum Gasteiger partial charge on any atom is -0.495 e. The van der Waals surface area contributed by atoms with Crippen LogP contribution in [0.2, 0.25) is 0 Å². The molecule has 0 unspecified atom stereocenters. The van der Waals surface area contributed by atoms with Gasteiger partial charge in [0.2, 0.25) is 0 Å². The molecule has 0 saturated carbocycles. The number of para-hydroxylation sites is 4. The second kappa shape index (κ2) is 15.4. The van der Waals surface area contributed by atoms with E-state index in [1.54, 1.807) is 14.2 Å². The van der Waals surface area contributed by atoms with Gasteiger partial charge in [-0.3, -0.25) is 0 Å². The van der Waals surface area contributed by atoms with Crippen molar-refractivity contribution < 1.29 is 28.4 Å². The highest BCUT2D eigenvalue weighted by atomic mass is 16.5. The fourth-order valence-electron chi connectivity index (χ4n) is 3.83. The van der Waals surface area contributed by atoms with Crippen molar-refractivity contribution in [3.63, 3.8) is 0 Å². The van der Waals surface area contributed by atoms with E-state index >= 15 is 0 Å². The van der Waals surface area contributed by atoms with E-state index in [9.17, 15) is 0 Å². The zero-order chi connectivity index (χ0) is 23.8. The van der Waals surface area contributed by atoms with Gasteiger partial charge in [0.25, 0.3) is 0 Å². The lowest BCUT2D eigenvalue weighted by atomic mass is 10.2. The van der Waals surface area contributed by atoms with Crippen molar-refractivity contribution in [2.75, 3.05) is 103 Å². The predicted molar refractivity (Wildman–Crippen MR) is 134 cm³/mol. The van der Waals surface area contributed by atoms with E-state index in [2.05, 4.69) is 21.9 Å². The summed E-state index contributed by atoms with van der Waals surface area (Å²) in [7, 11) is 3.38. The summed E-state index contributed by atoms with van der Waals surface area (Å²) < 4.78 is 34.5. The maximum Gasteiger partial charge on any atom is 0.142 e. The summed E-state index contributed by atoms with van der Waals surface area (Å²) in [6.07, 6.45) is 0. The Labute approximate surface area is 203 Å². The Balaban J connectivity index is 1.55. The molecule has 1 saturated heterocycles. The van der Waals surface area contributed by atoms with Gasteiger partial charge in [0.05, 0.1) is 78.4 Å². The molecule has 0 aromatic heterocycles. The van der Waals surface area contributed by atoms with Gasteiger partial charge in [-0.15, -0.1) is 0 Å². The van der Waals surface area contributed by atoms with Crippen LogP contribution in [0.3, 0.4) is 0 Å². The second-order valence-electron chi connectivity index (χ2n) is 7.77. The Bertz CT molecular complexity index is 734. The summed E-state index contributed by atoms with van der Waals surface area (Å²) in [6, 6.07) is 16.0. The molecule has 1 heterocycles. The summed E-state index contributed by atoms with van der Waals surface area (Å²) in [5.41, 5.74) is 2.08. The number of ether oxygens (including phenoxy) is 6. The molecule has 1 aliphatic heterocycles. The monoisotopic (exact) mass is 474 g/mol. The van der Waals surface area contributed by atoms with Gasteiger partial charge in [-0.1, -0.05) is 24.3 Å². The molecule has 2 aromatic rings. The average molecular weight is 475 g/mol. The summed E-state index contributed by atoms with van der Waals surface area (Å²) in [6.45, 7) is 7.53. The molecule has 0 spiro atoms. The molecule has 188 valence electrons. The third-order valence-corrected chi connectivity index (χ3v) is 5.62. The SMILES string of the molecule is COc1ccccc1N1CCOCCOCCN(c2ccccc2OC)CCOCCOCC1. The fourth-order valence-corrected chi connectivity index (χ4v) is 3.83. The van der Waals surface area contributed by atoms with E-state index < -0.39 is 0 Å². The molecular weight excluding hydrogens is 436 g/mol. The standard InChI is InChI=1S/C26H38N2O6/c1-29-25-9-5-3-7-23(25)27-11-15-31-19-21-33-17-13-28(14-18-34-22-20-32-16-12-27)24-8-4-6-10-26(24)30-2/h3-10H,11-22H2,1-2H3. The van der Waals surface area contributed by atoms with Crippen molar-refractivity contribution in [3.8, 4) is 11.5 Å². The van der Waals surface area contributed by atoms with Crippen LogP contribution in [0.4, 0.5) is 11.4 Å². The van der Waals surface area contributed by atoms with Crippen LogP contribution in [0.1, 0.15) is 0 Å². The zero-order valence-electron chi connectivity index (χ0n) is 20.4. The van der Waals surface area contributed by atoms with Gasteiger partial charge in [-0.25, -0.2) is 0 Å². The number of anilines is 2. The lowest BCUT2D eigenvalue weighted by molar-refractivity contribution is 0.0435. The molecule has 0 radical (unpaired) electrons. The Morgan fingerprint density at radius 2 is 0.824 bits per heavy atom. The van der Waals surface area contributed by atoms with Crippen LogP contribution in [-0.2, 0) is 18.9 Å². The minimum atomic E-state index is 0.550. The van der Waals surface area contributed by atoms with Crippen LogP contribution < -0.4 is 19.3 Å². The van der Waals surface area contributed by atoms with Crippen molar-refractivity contribution in [1.29, 1.82) is 0 Å². The van der Waals surface area contributed by atoms with Crippen LogP contribution in [-0.4, -0.2) is 93.3 Å². The van der Waals surface area contributed by atoms with E-state index in [4.69, 9.17) is 28.4 Å². The van der Waals surface area contributed by atoms with Crippen molar-refractivity contribution in [2.45, 2.75) is 0 Å². The van der Waals surface area contributed by atoms with Gasteiger partial charge in [0, 0.05) is 26.2 Å². The lowest BCUT2D eigenvalue weighted by Crippen LogP contribution is -2.33. The molecule has 0 aliphatic carbocycles. The van der Waals surface area contributed by atoms with Crippen LogP contribution in [0.15, 0.2) is 48.5 Å². The van der Waals surface area contributed by atoms with Gasteiger partial charge in [0.15, 0.2) is 0 Å². The zero-order valence-corrected chi connectivity index (χ0v) is 20.4. The van der Waals surface area contributed by atoms with Crippen molar-refractivity contribution in [2.24, 2.45) is 0 Å². The average Bonchev–Trinajstić information content (AvgIpc) is 2.88. The molecule has 0 bridgehead atoms. The fraction of sp³-hybridized carbons (Fsp3) is 0.538. The van der Waals surface area contributed by atoms with E-state index in [0.717, 1.165) is 49.1 Å². The van der Waals surface area contributed by atoms with Crippen molar-refractivity contribution in [1.82, 2.24) is 0 Å². The Kier molecular flexibility index (Phi) is 11.8. The quantitative estimate of drug-likeness (QED) is 0.670. The smallest absolute Gasteiger partial charge is 0.142 e. The van der Waals surface area contributed by atoms with E-state index in [0.29, 0.717) is 52.9 Å². The number of methoxy groups -OCH3 is 2. The number of hydrogen-bond acceptors (Lipinski definition) is 8. The molecule has 3 rings (SSSR count). The lowest BCUT2D eigenvalue weighted by Gasteiger charge is -2.27. The van der Waals surface area contributed by atoms with Gasteiger partial charge < -0.3 is 38.2 Å². The molecule has 0 N–H and O–H groups in total. The number of benzene rings is 2. The van der Waals surface area contributed by atoms with E-state index in [1.165, 1.54) is 0 Å². The molecular formula is C26H38N2O6. The van der Waals surface area contributed by atoms with Crippen molar-refractivity contribution in [3.05, 3.63) is 48.5 Å². The van der Waals surface area contributed by atoms with Crippen LogP contribution in [0, 0.1) is 0 Å². The minimum absolute atomic E-state index is 0.550. The van der Waals surface area contributed by atoms with Crippen molar-refractivity contribution >= 4 is 11.4 Å². The molecule has 8 nitrogen and oxygen atoms in total. The predicted octanol–water partition coefficient (Wildman–Crippen LogP) is 3.10. The highest BCUT2D eigenvalue weighted by Crippen LogP contribution is 2.28. The molecule has 0 atom stereocenters.